The summed E-state index contributed by atoms with van der Waals surface area (Å²) >= 11 is 0. The molecule has 2 aromatic rings. The number of nitrogens with one attached hydrogen (secondary N) is 3. The van der Waals surface area contributed by atoms with Crippen LogP contribution in [0.1, 0.15) is 25.1 Å². The van der Waals surface area contributed by atoms with E-state index in [-0.39, 0.29) is 18.1 Å². The average Bonchev–Trinajstić information content (AvgIpc) is 2.61. The maximum Gasteiger partial charge on any atom is 0.323 e. The van der Waals surface area contributed by atoms with Crippen LogP contribution in [0.15, 0.2) is 41.2 Å². The van der Waals surface area contributed by atoms with Gasteiger partial charge < -0.3 is 20.5 Å². The van der Waals surface area contributed by atoms with E-state index < -0.39 is 11.6 Å². The number of nitrogens with zero attached hydrogens (tertiary/aromatic N) is 1. The van der Waals surface area contributed by atoms with Gasteiger partial charge in [-0.15, -0.1) is 0 Å². The van der Waals surface area contributed by atoms with Crippen molar-refractivity contribution in [3.05, 3.63) is 58.0 Å². The Labute approximate surface area is 158 Å². The first-order valence-electron chi connectivity index (χ1n) is 8.88. The van der Waals surface area contributed by atoms with Gasteiger partial charge in [0.25, 0.3) is 5.56 Å². The molecule has 0 radical (unpaired) electrons. The number of aromatic nitrogens is 1. The molecule has 0 bridgehead atoms. The molecule has 0 fully saturated rings. The molecule has 144 valence electrons. The molecule has 3 amide bonds. The van der Waals surface area contributed by atoms with Gasteiger partial charge in [0, 0.05) is 17.9 Å². The van der Waals surface area contributed by atoms with Crippen molar-refractivity contribution in [2.45, 2.75) is 34.2 Å². The molecule has 1 aromatic heterocycles. The number of amides is 3. The summed E-state index contributed by atoms with van der Waals surface area (Å²) in [7, 11) is 0. The number of pyridine rings is 1. The van der Waals surface area contributed by atoms with E-state index in [1.165, 1.54) is 10.6 Å². The monoisotopic (exact) mass is 370 g/mol. The molecule has 2 rings (SSSR count). The van der Waals surface area contributed by atoms with E-state index in [9.17, 15) is 14.4 Å². The molecule has 0 aliphatic rings. The van der Waals surface area contributed by atoms with Crippen molar-refractivity contribution < 1.29 is 9.59 Å². The van der Waals surface area contributed by atoms with Crippen LogP contribution in [0.25, 0.3) is 0 Å². The SMILES string of the molecule is Cc1ccc(NC(=O)Nc2ccc(C)n(CC(=O)NCC(C)C)c2=O)cc1. The van der Waals surface area contributed by atoms with Gasteiger partial charge in [0.1, 0.15) is 12.2 Å². The minimum absolute atomic E-state index is 0.0908. The van der Waals surface area contributed by atoms with E-state index in [1.54, 1.807) is 25.1 Å². The number of carbonyl (C=O) groups excluding carboxylic acids is 2. The Morgan fingerprint density at radius 3 is 2.30 bits per heavy atom. The second-order valence-electron chi connectivity index (χ2n) is 6.92. The molecule has 7 nitrogen and oxygen atoms in total. The summed E-state index contributed by atoms with van der Waals surface area (Å²) in [6.07, 6.45) is 0. The first-order chi connectivity index (χ1) is 12.8. The van der Waals surface area contributed by atoms with Crippen molar-refractivity contribution in [1.29, 1.82) is 0 Å². The Balaban J connectivity index is 2.09. The Hall–Kier alpha value is -3.09. The highest BCUT2D eigenvalue weighted by molar-refractivity contribution is 5.99. The van der Waals surface area contributed by atoms with E-state index in [0.29, 0.717) is 23.8 Å². The van der Waals surface area contributed by atoms with Crippen LogP contribution in [-0.2, 0) is 11.3 Å². The van der Waals surface area contributed by atoms with Crippen LogP contribution in [0.5, 0.6) is 0 Å². The van der Waals surface area contributed by atoms with Crippen LogP contribution in [0, 0.1) is 19.8 Å². The smallest absolute Gasteiger partial charge is 0.323 e. The molecule has 0 unspecified atom stereocenters. The van der Waals surface area contributed by atoms with Crippen LogP contribution >= 0.6 is 0 Å². The van der Waals surface area contributed by atoms with Crippen molar-refractivity contribution in [3.8, 4) is 0 Å². The van der Waals surface area contributed by atoms with Gasteiger partial charge in [-0.2, -0.15) is 0 Å². The quantitative estimate of drug-likeness (QED) is 0.730. The van der Waals surface area contributed by atoms with E-state index in [0.717, 1.165) is 5.56 Å². The van der Waals surface area contributed by atoms with Gasteiger partial charge in [-0.05, 0) is 44.0 Å². The number of anilines is 2. The molecular formula is C20H26N4O3. The normalized spacial score (nSPS) is 10.6. The van der Waals surface area contributed by atoms with Crippen LogP contribution in [0.4, 0.5) is 16.2 Å². The van der Waals surface area contributed by atoms with Gasteiger partial charge in [-0.25, -0.2) is 4.79 Å². The molecule has 3 N–H and O–H groups in total. The van der Waals surface area contributed by atoms with Crippen LogP contribution in [-0.4, -0.2) is 23.1 Å². The van der Waals surface area contributed by atoms with Crippen molar-refractivity contribution in [2.24, 2.45) is 5.92 Å². The highest BCUT2D eigenvalue weighted by atomic mass is 16.2. The Kier molecular flexibility index (Phi) is 6.76. The van der Waals surface area contributed by atoms with E-state index >= 15 is 0 Å². The van der Waals surface area contributed by atoms with Gasteiger partial charge in [-0.1, -0.05) is 31.5 Å². The summed E-state index contributed by atoms with van der Waals surface area (Å²) in [4.78, 5) is 36.9. The van der Waals surface area contributed by atoms with Crippen molar-refractivity contribution in [3.63, 3.8) is 0 Å². The number of rotatable bonds is 6. The molecule has 0 atom stereocenters. The molecular weight excluding hydrogens is 344 g/mol. The zero-order chi connectivity index (χ0) is 20.0. The average molecular weight is 370 g/mol. The molecule has 0 aliphatic heterocycles. The topological polar surface area (TPSA) is 92.2 Å². The maximum atomic E-state index is 12.6. The van der Waals surface area contributed by atoms with E-state index in [2.05, 4.69) is 16.0 Å². The van der Waals surface area contributed by atoms with Crippen LogP contribution < -0.4 is 21.5 Å². The standard InChI is InChI=1S/C20H26N4O3/c1-13(2)11-21-18(25)12-24-15(4)7-10-17(19(24)26)23-20(27)22-16-8-5-14(3)6-9-16/h5-10,13H,11-12H2,1-4H3,(H,21,25)(H2,22,23,27). The number of benzene rings is 1. The molecule has 0 spiro atoms. The second-order valence-corrected chi connectivity index (χ2v) is 6.92. The highest BCUT2D eigenvalue weighted by Crippen LogP contribution is 2.10. The number of urea groups is 1. The zero-order valence-electron chi connectivity index (χ0n) is 16.1. The molecule has 1 aromatic carbocycles. The number of hydrogen-bond donors (Lipinski definition) is 3. The molecule has 1 heterocycles. The lowest BCUT2D eigenvalue weighted by Gasteiger charge is -2.14. The van der Waals surface area contributed by atoms with Crippen LogP contribution in [0.2, 0.25) is 0 Å². The molecule has 27 heavy (non-hydrogen) atoms. The lowest BCUT2D eigenvalue weighted by molar-refractivity contribution is -0.121. The van der Waals surface area contributed by atoms with Gasteiger partial charge in [0.2, 0.25) is 5.91 Å². The summed E-state index contributed by atoms with van der Waals surface area (Å²) in [5.74, 6) is 0.0837. The zero-order valence-corrected chi connectivity index (χ0v) is 16.1. The third-order valence-electron chi connectivity index (χ3n) is 3.96. The first kappa shape index (κ1) is 20.2. The lowest BCUT2D eigenvalue weighted by Crippen LogP contribution is -2.36. The summed E-state index contributed by atoms with van der Waals surface area (Å²) in [6, 6.07) is 10.0. The van der Waals surface area contributed by atoms with Gasteiger partial charge in [0.15, 0.2) is 0 Å². The van der Waals surface area contributed by atoms with Crippen LogP contribution in [0.3, 0.4) is 0 Å². The van der Waals surface area contributed by atoms with Gasteiger partial charge in [-0.3, -0.25) is 9.59 Å². The van der Waals surface area contributed by atoms with E-state index in [1.807, 2.05) is 32.9 Å². The molecule has 0 saturated heterocycles. The minimum atomic E-state index is -0.518. The highest BCUT2D eigenvalue weighted by Gasteiger charge is 2.12. The van der Waals surface area contributed by atoms with Crippen molar-refractivity contribution in [1.82, 2.24) is 9.88 Å². The maximum absolute atomic E-state index is 12.6. The molecule has 7 heteroatoms. The fourth-order valence-corrected chi connectivity index (χ4v) is 2.40. The Bertz CT molecular complexity index is 870. The van der Waals surface area contributed by atoms with E-state index in [4.69, 9.17) is 0 Å². The summed E-state index contributed by atoms with van der Waals surface area (Å²) in [5.41, 5.74) is 2.04. The summed E-state index contributed by atoms with van der Waals surface area (Å²) in [6.45, 7) is 8.14. The fraction of sp³-hybridized carbons (Fsp3) is 0.350. The fourth-order valence-electron chi connectivity index (χ4n) is 2.40. The predicted octanol–water partition coefficient (Wildman–Crippen LogP) is 2.88. The van der Waals surface area contributed by atoms with Gasteiger partial charge in [0.05, 0.1) is 0 Å². The Morgan fingerprint density at radius 2 is 1.67 bits per heavy atom. The van der Waals surface area contributed by atoms with Crippen molar-refractivity contribution in [2.75, 3.05) is 17.2 Å². The number of carbonyl (C=O) groups is 2. The summed E-state index contributed by atoms with van der Waals surface area (Å²) < 4.78 is 1.34. The third kappa shape index (κ3) is 5.99. The molecule has 0 aliphatic carbocycles. The first-order valence-corrected chi connectivity index (χ1v) is 8.88. The number of hydrogen-bond acceptors (Lipinski definition) is 3. The number of aryl methyl sites for hydroxylation is 2. The second kappa shape index (κ2) is 9.02. The Morgan fingerprint density at radius 1 is 1.00 bits per heavy atom. The lowest BCUT2D eigenvalue weighted by atomic mass is 10.2. The molecule has 0 saturated carbocycles. The summed E-state index contributed by atoms with van der Waals surface area (Å²) in [5, 5.41) is 8.01. The third-order valence-corrected chi connectivity index (χ3v) is 3.96. The minimum Gasteiger partial charge on any atom is -0.354 e. The van der Waals surface area contributed by atoms with Gasteiger partial charge >= 0.3 is 6.03 Å². The van der Waals surface area contributed by atoms with Crippen molar-refractivity contribution >= 4 is 23.3 Å². The largest absolute Gasteiger partial charge is 0.354 e. The predicted molar refractivity (Wildman–Crippen MR) is 107 cm³/mol.